The Morgan fingerprint density at radius 1 is 0.929 bits per heavy atom. The van der Waals surface area contributed by atoms with Crippen LogP contribution in [0.25, 0.3) is 0 Å². The summed E-state index contributed by atoms with van der Waals surface area (Å²) in [4.78, 5) is 49.6. The Hall–Kier alpha value is -3.22. The highest BCUT2D eigenvalue weighted by Crippen LogP contribution is 2.39. The molecule has 0 bridgehead atoms. The van der Waals surface area contributed by atoms with Crippen molar-refractivity contribution in [3.8, 4) is 0 Å². The summed E-state index contributed by atoms with van der Waals surface area (Å²) in [6.07, 6.45) is 0.551. The monoisotopic (exact) mass is 383 g/mol. The molecule has 146 valence electrons. The molecule has 0 radical (unpaired) electrons. The summed E-state index contributed by atoms with van der Waals surface area (Å²) >= 11 is 0. The highest BCUT2D eigenvalue weighted by atomic mass is 16.5. The van der Waals surface area contributed by atoms with Gasteiger partial charge in [0.2, 0.25) is 11.2 Å². The summed E-state index contributed by atoms with van der Waals surface area (Å²) in [5.74, 6) is -1.67. The summed E-state index contributed by atoms with van der Waals surface area (Å²) in [7, 11) is 2.42. The van der Waals surface area contributed by atoms with Crippen molar-refractivity contribution in [2.24, 2.45) is 0 Å². The van der Waals surface area contributed by atoms with Crippen molar-refractivity contribution in [1.29, 1.82) is 0 Å². The fraction of sp³-hybridized carbons (Fsp3) is 0.333. The van der Waals surface area contributed by atoms with Gasteiger partial charge in [-0.3, -0.25) is 19.2 Å². The predicted molar refractivity (Wildman–Crippen MR) is 99.3 cm³/mol. The topological polar surface area (TPSA) is 91.7 Å². The van der Waals surface area contributed by atoms with E-state index in [9.17, 15) is 19.2 Å². The number of aromatic nitrogens is 1. The summed E-state index contributed by atoms with van der Waals surface area (Å²) in [6.45, 7) is 2.08. The Bertz CT molecular complexity index is 938. The number of ether oxygens (including phenoxy) is 2. The van der Waals surface area contributed by atoms with Crippen molar-refractivity contribution in [2.45, 2.75) is 31.7 Å². The largest absolute Gasteiger partial charge is 0.468 e. The Morgan fingerprint density at radius 2 is 1.50 bits per heavy atom. The molecule has 1 aromatic carbocycles. The highest BCUT2D eigenvalue weighted by molar-refractivity contribution is 6.10. The van der Waals surface area contributed by atoms with E-state index < -0.39 is 17.4 Å². The van der Waals surface area contributed by atoms with Crippen LogP contribution in [0.3, 0.4) is 0 Å². The number of ketones is 2. The van der Waals surface area contributed by atoms with Crippen LogP contribution >= 0.6 is 0 Å². The number of hydrogen-bond acceptors (Lipinski definition) is 6. The van der Waals surface area contributed by atoms with Crippen molar-refractivity contribution >= 4 is 23.5 Å². The molecule has 1 aliphatic heterocycles. The maximum Gasteiger partial charge on any atom is 0.329 e. The van der Waals surface area contributed by atoms with Gasteiger partial charge in [0.1, 0.15) is 0 Å². The van der Waals surface area contributed by atoms with E-state index >= 15 is 0 Å². The van der Waals surface area contributed by atoms with E-state index in [4.69, 9.17) is 9.47 Å². The maximum atomic E-state index is 13.0. The first kappa shape index (κ1) is 19.5. The molecule has 1 aliphatic rings. The van der Waals surface area contributed by atoms with E-state index in [1.165, 1.54) is 14.2 Å². The summed E-state index contributed by atoms with van der Waals surface area (Å²) in [5.41, 5.74) is 0.142. The zero-order valence-electron chi connectivity index (χ0n) is 16.0. The number of benzene rings is 1. The minimum atomic E-state index is -1.57. The molecule has 0 amide bonds. The molecule has 0 saturated carbocycles. The molecule has 0 atom stereocenters. The lowest BCUT2D eigenvalue weighted by molar-refractivity contribution is -0.162. The predicted octanol–water partition coefficient (Wildman–Crippen LogP) is 2.30. The lowest BCUT2D eigenvalue weighted by Gasteiger charge is -2.22. The normalized spacial score (nSPS) is 14.2. The van der Waals surface area contributed by atoms with Gasteiger partial charge in [-0.25, -0.2) is 0 Å². The number of nitrogens with zero attached hydrogens (tertiary/aromatic N) is 1. The van der Waals surface area contributed by atoms with Crippen LogP contribution in [0.15, 0.2) is 36.4 Å². The van der Waals surface area contributed by atoms with Crippen molar-refractivity contribution in [1.82, 2.24) is 4.57 Å². The Morgan fingerprint density at radius 3 is 2.04 bits per heavy atom. The SMILES string of the molecule is CCC(=O)c1ccc(C(=O)c2ccc3n2CCC3(C(=O)OC)C(=O)OC)cc1. The quantitative estimate of drug-likeness (QED) is 0.432. The number of carbonyl (C=O) groups excluding carboxylic acids is 4. The van der Waals surface area contributed by atoms with Crippen LogP contribution in [0.2, 0.25) is 0 Å². The second-order valence-corrected chi connectivity index (χ2v) is 6.58. The van der Waals surface area contributed by atoms with Crippen LogP contribution in [0.5, 0.6) is 0 Å². The lowest BCUT2D eigenvalue weighted by atomic mass is 9.83. The van der Waals surface area contributed by atoms with Crippen molar-refractivity contribution in [3.63, 3.8) is 0 Å². The van der Waals surface area contributed by atoms with Crippen LogP contribution in [0.1, 0.15) is 51.9 Å². The molecule has 7 nitrogen and oxygen atoms in total. The smallest absolute Gasteiger partial charge is 0.329 e. The van der Waals surface area contributed by atoms with E-state index in [1.807, 2.05) is 0 Å². The Balaban J connectivity index is 1.99. The van der Waals surface area contributed by atoms with Gasteiger partial charge in [-0.2, -0.15) is 0 Å². The average molecular weight is 383 g/mol. The van der Waals surface area contributed by atoms with Crippen molar-refractivity contribution < 1.29 is 28.7 Å². The van der Waals surface area contributed by atoms with Gasteiger partial charge in [0.15, 0.2) is 5.78 Å². The molecule has 2 aromatic rings. The van der Waals surface area contributed by atoms with E-state index in [0.717, 1.165) is 0 Å². The van der Waals surface area contributed by atoms with Crippen LogP contribution in [-0.2, 0) is 31.0 Å². The minimum Gasteiger partial charge on any atom is -0.468 e. The molecule has 0 aliphatic carbocycles. The number of methoxy groups -OCH3 is 2. The van der Waals surface area contributed by atoms with Gasteiger partial charge in [0, 0.05) is 29.8 Å². The standard InChI is InChI=1S/C21H21NO6/c1-4-16(23)13-5-7-14(8-6-13)18(24)15-9-10-17-21(19(25)27-2,20(26)28-3)11-12-22(15)17/h5-10H,4,11-12H2,1-3H3. The summed E-state index contributed by atoms with van der Waals surface area (Å²) in [5, 5.41) is 0. The fourth-order valence-electron chi connectivity index (χ4n) is 3.69. The molecule has 0 unspecified atom stereocenters. The Labute approximate surface area is 162 Å². The molecular weight excluding hydrogens is 362 g/mol. The first-order valence-electron chi connectivity index (χ1n) is 8.95. The van der Waals surface area contributed by atoms with Gasteiger partial charge >= 0.3 is 11.9 Å². The second kappa shape index (κ2) is 7.42. The maximum absolute atomic E-state index is 13.0. The zero-order valence-corrected chi connectivity index (χ0v) is 16.0. The van der Waals surface area contributed by atoms with E-state index in [1.54, 1.807) is 47.9 Å². The average Bonchev–Trinajstić information content (AvgIpc) is 3.32. The van der Waals surface area contributed by atoms with E-state index in [2.05, 4.69) is 0 Å². The van der Waals surface area contributed by atoms with Crippen LogP contribution < -0.4 is 0 Å². The molecule has 0 saturated heterocycles. The summed E-state index contributed by atoms with van der Waals surface area (Å²) < 4.78 is 11.3. The van der Waals surface area contributed by atoms with E-state index in [0.29, 0.717) is 35.5 Å². The molecule has 3 rings (SSSR count). The van der Waals surface area contributed by atoms with Crippen molar-refractivity contribution in [2.75, 3.05) is 14.2 Å². The fourth-order valence-corrected chi connectivity index (χ4v) is 3.69. The molecule has 1 aromatic heterocycles. The zero-order chi connectivity index (χ0) is 20.5. The summed E-state index contributed by atoms with van der Waals surface area (Å²) in [6, 6.07) is 9.63. The van der Waals surface area contributed by atoms with Crippen molar-refractivity contribution in [3.05, 3.63) is 58.9 Å². The number of rotatable bonds is 6. The first-order valence-corrected chi connectivity index (χ1v) is 8.95. The Kier molecular flexibility index (Phi) is 5.18. The molecule has 28 heavy (non-hydrogen) atoms. The van der Waals surface area contributed by atoms with Gasteiger partial charge < -0.3 is 14.0 Å². The lowest BCUT2D eigenvalue weighted by Crippen LogP contribution is -2.43. The van der Waals surface area contributed by atoms with Gasteiger partial charge in [0.05, 0.1) is 19.9 Å². The minimum absolute atomic E-state index is 0.00326. The number of hydrogen-bond donors (Lipinski definition) is 0. The van der Waals surface area contributed by atoms with Crippen LogP contribution in [0, 0.1) is 0 Å². The molecule has 0 fully saturated rings. The van der Waals surface area contributed by atoms with E-state index in [-0.39, 0.29) is 18.0 Å². The van der Waals surface area contributed by atoms with Crippen LogP contribution in [0.4, 0.5) is 0 Å². The van der Waals surface area contributed by atoms with Crippen LogP contribution in [-0.4, -0.2) is 42.3 Å². The van der Waals surface area contributed by atoms with Gasteiger partial charge in [0.25, 0.3) is 0 Å². The van der Waals surface area contributed by atoms with Gasteiger partial charge in [-0.05, 0) is 18.6 Å². The first-order chi connectivity index (χ1) is 13.4. The molecular formula is C21H21NO6. The number of esters is 2. The number of Topliss-reactive ketones (excluding diaryl/α,β-unsaturated/α-hetero) is 1. The molecule has 2 heterocycles. The third-order valence-electron chi connectivity index (χ3n) is 5.22. The highest BCUT2D eigenvalue weighted by Gasteiger charge is 2.55. The van der Waals surface area contributed by atoms with Gasteiger partial charge in [-0.1, -0.05) is 31.2 Å². The molecule has 0 spiro atoms. The number of carbonyl (C=O) groups is 4. The number of fused-ring (bicyclic) bond motifs is 1. The third-order valence-corrected chi connectivity index (χ3v) is 5.22. The van der Waals surface area contributed by atoms with Gasteiger partial charge in [-0.15, -0.1) is 0 Å². The third kappa shape index (κ3) is 2.83. The molecule has 7 heteroatoms. The second-order valence-electron chi connectivity index (χ2n) is 6.58. The molecule has 0 N–H and O–H groups in total.